The minimum Gasteiger partial charge on any atom is -0.489 e. The summed E-state index contributed by atoms with van der Waals surface area (Å²) in [5.74, 6) is 0.307. The highest BCUT2D eigenvalue weighted by Gasteiger charge is 2.16. The molecule has 1 aromatic heterocycles. The lowest BCUT2D eigenvalue weighted by atomic mass is 10.1. The van der Waals surface area contributed by atoms with Gasteiger partial charge < -0.3 is 14.8 Å². The second-order valence-corrected chi connectivity index (χ2v) is 5.34. The molecule has 0 saturated carbocycles. The van der Waals surface area contributed by atoms with Crippen molar-refractivity contribution in [2.75, 3.05) is 18.5 Å². The zero-order valence-electron chi connectivity index (χ0n) is 12.8. The van der Waals surface area contributed by atoms with Gasteiger partial charge >= 0.3 is 0 Å². The van der Waals surface area contributed by atoms with Crippen LogP contribution in [0.2, 0.25) is 0 Å². The van der Waals surface area contributed by atoms with Crippen molar-refractivity contribution in [1.29, 1.82) is 0 Å². The molecule has 0 spiro atoms. The molecule has 2 heterocycles. The van der Waals surface area contributed by atoms with Crippen LogP contribution in [0.3, 0.4) is 0 Å². The molecule has 1 atom stereocenters. The summed E-state index contributed by atoms with van der Waals surface area (Å²) < 4.78 is 11.5. The Bertz CT molecular complexity index is 643. The Kier molecular flexibility index (Phi) is 5.16. The quantitative estimate of drug-likeness (QED) is 0.918. The van der Waals surface area contributed by atoms with Crippen LogP contribution >= 0.6 is 0 Å². The van der Waals surface area contributed by atoms with Crippen LogP contribution in [0.15, 0.2) is 42.9 Å². The maximum Gasteiger partial charge on any atom is 0.275 e. The minimum atomic E-state index is -0.317. The summed E-state index contributed by atoms with van der Waals surface area (Å²) in [6.45, 7) is 1.27. The van der Waals surface area contributed by atoms with E-state index < -0.39 is 0 Å². The molecule has 0 unspecified atom stereocenters. The van der Waals surface area contributed by atoms with Gasteiger partial charge in [0.25, 0.3) is 5.91 Å². The van der Waals surface area contributed by atoms with Crippen molar-refractivity contribution in [3.63, 3.8) is 0 Å². The minimum absolute atomic E-state index is 0.118. The maximum absolute atomic E-state index is 12.2. The van der Waals surface area contributed by atoms with Gasteiger partial charge in [0.15, 0.2) is 0 Å². The fourth-order valence-corrected chi connectivity index (χ4v) is 2.42. The van der Waals surface area contributed by atoms with Crippen LogP contribution in [-0.4, -0.2) is 35.2 Å². The first-order valence-corrected chi connectivity index (χ1v) is 7.74. The molecule has 6 heteroatoms. The lowest BCUT2D eigenvalue weighted by Crippen LogP contribution is -2.26. The predicted octanol–water partition coefficient (Wildman–Crippen LogP) is 2.68. The molecule has 1 fully saturated rings. The molecule has 6 nitrogen and oxygen atoms in total. The van der Waals surface area contributed by atoms with Crippen molar-refractivity contribution in [2.24, 2.45) is 0 Å². The number of hydrogen-bond donors (Lipinski definition) is 1. The number of carbonyl (C=O) groups excluding carboxylic acids is 1. The number of carbonyl (C=O) groups is 1. The summed E-state index contributed by atoms with van der Waals surface area (Å²) in [6, 6.07) is 7.34. The highest BCUT2D eigenvalue weighted by Crippen LogP contribution is 2.25. The van der Waals surface area contributed by atoms with Crippen LogP contribution in [0.1, 0.15) is 29.8 Å². The molecule has 1 saturated heterocycles. The second-order valence-electron chi connectivity index (χ2n) is 5.34. The molecule has 1 aliphatic rings. The fraction of sp³-hybridized carbons (Fsp3) is 0.353. The predicted molar refractivity (Wildman–Crippen MR) is 85.5 cm³/mol. The SMILES string of the molecule is O=C(Nc1ccccc1OC[C@@H]1CCCCO1)c1cnccn1. The first-order chi connectivity index (χ1) is 11.3. The normalized spacial score (nSPS) is 17.5. The van der Waals surface area contributed by atoms with E-state index in [1.807, 2.05) is 18.2 Å². The van der Waals surface area contributed by atoms with Gasteiger partial charge in [0, 0.05) is 19.0 Å². The second kappa shape index (κ2) is 7.69. The molecule has 1 N–H and O–H groups in total. The van der Waals surface area contributed by atoms with Gasteiger partial charge in [-0.25, -0.2) is 4.98 Å². The Morgan fingerprint density at radius 2 is 2.22 bits per heavy atom. The van der Waals surface area contributed by atoms with Crippen LogP contribution in [0, 0.1) is 0 Å². The summed E-state index contributed by atoms with van der Waals surface area (Å²) in [4.78, 5) is 20.1. The molecule has 1 aromatic carbocycles. The number of benzene rings is 1. The zero-order chi connectivity index (χ0) is 15.9. The van der Waals surface area contributed by atoms with E-state index in [1.54, 1.807) is 6.07 Å². The number of nitrogens with one attached hydrogen (secondary N) is 1. The van der Waals surface area contributed by atoms with E-state index in [4.69, 9.17) is 9.47 Å². The van der Waals surface area contributed by atoms with Crippen molar-refractivity contribution in [2.45, 2.75) is 25.4 Å². The molecule has 0 radical (unpaired) electrons. The summed E-state index contributed by atoms with van der Waals surface area (Å²) in [7, 11) is 0. The van der Waals surface area contributed by atoms with Crippen LogP contribution < -0.4 is 10.1 Å². The van der Waals surface area contributed by atoms with Gasteiger partial charge in [-0.2, -0.15) is 0 Å². The van der Waals surface area contributed by atoms with E-state index in [9.17, 15) is 4.79 Å². The fourth-order valence-electron chi connectivity index (χ4n) is 2.42. The van der Waals surface area contributed by atoms with Gasteiger partial charge in [0.05, 0.1) is 18.0 Å². The topological polar surface area (TPSA) is 73.3 Å². The number of ether oxygens (including phenoxy) is 2. The van der Waals surface area contributed by atoms with Crippen molar-refractivity contribution in [3.8, 4) is 5.75 Å². The summed E-state index contributed by atoms with van der Waals surface area (Å²) in [6.07, 6.45) is 7.84. The third-order valence-electron chi connectivity index (χ3n) is 3.63. The number of hydrogen-bond acceptors (Lipinski definition) is 5. The van der Waals surface area contributed by atoms with Crippen molar-refractivity contribution >= 4 is 11.6 Å². The van der Waals surface area contributed by atoms with E-state index >= 15 is 0 Å². The standard InChI is InChI=1S/C17H19N3O3/c21-17(15-11-18-8-9-19-15)20-14-6-1-2-7-16(14)23-12-13-5-3-4-10-22-13/h1-2,6-9,11,13H,3-5,10,12H2,(H,20,21)/t13-/m0/s1. The van der Waals surface area contributed by atoms with Crippen molar-refractivity contribution in [1.82, 2.24) is 9.97 Å². The largest absolute Gasteiger partial charge is 0.489 e. The van der Waals surface area contributed by atoms with E-state index in [-0.39, 0.29) is 17.7 Å². The summed E-state index contributed by atoms with van der Waals surface area (Å²) >= 11 is 0. The summed E-state index contributed by atoms with van der Waals surface area (Å²) in [5.41, 5.74) is 0.872. The Hall–Kier alpha value is -2.47. The summed E-state index contributed by atoms with van der Waals surface area (Å²) in [5, 5.41) is 2.81. The molecule has 1 amide bonds. The highest BCUT2D eigenvalue weighted by molar-refractivity contribution is 6.03. The average Bonchev–Trinajstić information content (AvgIpc) is 2.62. The number of rotatable bonds is 5. The zero-order valence-corrected chi connectivity index (χ0v) is 12.8. The third kappa shape index (κ3) is 4.26. The number of nitrogens with zero attached hydrogens (tertiary/aromatic N) is 2. The van der Waals surface area contributed by atoms with E-state index in [1.165, 1.54) is 25.0 Å². The van der Waals surface area contributed by atoms with Gasteiger partial charge in [-0.05, 0) is 31.4 Å². The molecular weight excluding hydrogens is 294 g/mol. The third-order valence-corrected chi connectivity index (χ3v) is 3.63. The molecule has 120 valence electrons. The number of aromatic nitrogens is 2. The van der Waals surface area contributed by atoms with Crippen LogP contribution in [-0.2, 0) is 4.74 Å². The molecule has 0 aliphatic carbocycles. The van der Waals surface area contributed by atoms with Gasteiger partial charge in [0.2, 0.25) is 0 Å². The first-order valence-electron chi connectivity index (χ1n) is 7.74. The molecule has 3 rings (SSSR count). The van der Waals surface area contributed by atoms with Gasteiger partial charge in [-0.1, -0.05) is 12.1 Å². The smallest absolute Gasteiger partial charge is 0.275 e. The molecule has 2 aromatic rings. The van der Waals surface area contributed by atoms with Crippen molar-refractivity contribution in [3.05, 3.63) is 48.5 Å². The Morgan fingerprint density at radius 3 is 3.00 bits per heavy atom. The lowest BCUT2D eigenvalue weighted by molar-refractivity contribution is -0.0109. The lowest BCUT2D eigenvalue weighted by Gasteiger charge is -2.23. The Balaban J connectivity index is 1.64. The van der Waals surface area contributed by atoms with Crippen molar-refractivity contribution < 1.29 is 14.3 Å². The number of para-hydroxylation sites is 2. The van der Waals surface area contributed by atoms with E-state index in [0.29, 0.717) is 18.0 Å². The first kappa shape index (κ1) is 15.4. The van der Waals surface area contributed by atoms with Gasteiger partial charge in [-0.15, -0.1) is 0 Å². The van der Waals surface area contributed by atoms with Crippen LogP contribution in [0.5, 0.6) is 5.75 Å². The molecular formula is C17H19N3O3. The molecule has 23 heavy (non-hydrogen) atoms. The van der Waals surface area contributed by atoms with Crippen LogP contribution in [0.4, 0.5) is 5.69 Å². The molecule has 1 aliphatic heterocycles. The Labute approximate surface area is 134 Å². The van der Waals surface area contributed by atoms with Gasteiger partial charge in [0.1, 0.15) is 18.1 Å². The average molecular weight is 313 g/mol. The number of anilines is 1. The van der Waals surface area contributed by atoms with Gasteiger partial charge in [-0.3, -0.25) is 9.78 Å². The number of amides is 1. The highest BCUT2D eigenvalue weighted by atomic mass is 16.5. The Morgan fingerprint density at radius 1 is 1.30 bits per heavy atom. The van der Waals surface area contributed by atoms with Crippen LogP contribution in [0.25, 0.3) is 0 Å². The van der Waals surface area contributed by atoms with E-state index in [2.05, 4.69) is 15.3 Å². The molecule has 0 bridgehead atoms. The monoisotopic (exact) mass is 313 g/mol. The maximum atomic E-state index is 12.2. The van der Waals surface area contributed by atoms with E-state index in [0.717, 1.165) is 19.4 Å².